The number of amides is 1. The topological polar surface area (TPSA) is 58.1 Å². The molecule has 0 saturated carbocycles. The number of hydrogen-bond donors (Lipinski definition) is 1. The van der Waals surface area contributed by atoms with Crippen LogP contribution in [-0.2, 0) is 4.79 Å². The number of nitrogens with zero attached hydrogens (tertiary/aromatic N) is 3. The van der Waals surface area contributed by atoms with Crippen molar-refractivity contribution in [1.82, 2.24) is 10.2 Å². The van der Waals surface area contributed by atoms with Crippen LogP contribution in [0.3, 0.4) is 0 Å². The molecule has 0 unspecified atom stereocenters. The SMILES string of the molecule is C=CCN(C(=O)CSc1nnc(Nc2ccccc2)s1)c1ccccc1. The van der Waals surface area contributed by atoms with Crippen molar-refractivity contribution in [3.05, 3.63) is 73.3 Å². The largest absolute Gasteiger partial charge is 0.330 e. The molecule has 7 heteroatoms. The maximum absolute atomic E-state index is 12.6. The molecule has 0 bridgehead atoms. The van der Waals surface area contributed by atoms with Gasteiger partial charge in [-0.1, -0.05) is 65.6 Å². The first-order valence-electron chi connectivity index (χ1n) is 8.01. The summed E-state index contributed by atoms with van der Waals surface area (Å²) in [5.41, 5.74) is 1.82. The van der Waals surface area contributed by atoms with Crippen molar-refractivity contribution >= 4 is 45.5 Å². The Morgan fingerprint density at radius 2 is 1.81 bits per heavy atom. The highest BCUT2D eigenvalue weighted by atomic mass is 32.2. The third-order valence-electron chi connectivity index (χ3n) is 3.43. The summed E-state index contributed by atoms with van der Waals surface area (Å²) >= 11 is 2.82. The predicted octanol–water partition coefficient (Wildman–Crippen LogP) is 4.59. The van der Waals surface area contributed by atoms with Crippen molar-refractivity contribution in [1.29, 1.82) is 0 Å². The van der Waals surface area contributed by atoms with E-state index >= 15 is 0 Å². The standard InChI is InChI=1S/C19H18N4OS2/c1-2-13-23(16-11-7-4-8-12-16)17(24)14-25-19-22-21-18(26-19)20-15-9-5-3-6-10-15/h2-12H,1,13-14H2,(H,20,21). The molecule has 0 saturated heterocycles. The number of nitrogens with one attached hydrogen (secondary N) is 1. The second-order valence-corrected chi connectivity index (χ2v) is 7.48. The number of carbonyl (C=O) groups is 1. The number of carbonyl (C=O) groups excluding carboxylic acids is 1. The van der Waals surface area contributed by atoms with E-state index in [-0.39, 0.29) is 5.91 Å². The molecule has 2 aromatic carbocycles. The van der Waals surface area contributed by atoms with Crippen LogP contribution in [0, 0.1) is 0 Å². The van der Waals surface area contributed by atoms with Gasteiger partial charge in [0.1, 0.15) is 0 Å². The molecule has 5 nitrogen and oxygen atoms in total. The maximum Gasteiger partial charge on any atom is 0.237 e. The highest BCUT2D eigenvalue weighted by molar-refractivity contribution is 8.01. The first kappa shape index (κ1) is 18.2. The number of para-hydroxylation sites is 2. The van der Waals surface area contributed by atoms with Gasteiger partial charge >= 0.3 is 0 Å². The molecule has 1 amide bonds. The van der Waals surface area contributed by atoms with Gasteiger partial charge in [0.25, 0.3) is 0 Å². The minimum atomic E-state index is 0.00821. The molecule has 0 fully saturated rings. The lowest BCUT2D eigenvalue weighted by Gasteiger charge is -2.20. The summed E-state index contributed by atoms with van der Waals surface area (Å²) in [5.74, 6) is 0.303. The Labute approximate surface area is 160 Å². The average molecular weight is 383 g/mol. The van der Waals surface area contributed by atoms with Crippen LogP contribution in [0.25, 0.3) is 0 Å². The summed E-state index contributed by atoms with van der Waals surface area (Å²) in [6.07, 6.45) is 1.72. The molecule has 3 rings (SSSR count). The summed E-state index contributed by atoms with van der Waals surface area (Å²) in [4.78, 5) is 14.3. The predicted molar refractivity (Wildman–Crippen MR) is 109 cm³/mol. The van der Waals surface area contributed by atoms with E-state index < -0.39 is 0 Å². The highest BCUT2D eigenvalue weighted by Crippen LogP contribution is 2.28. The third kappa shape index (κ3) is 4.93. The number of anilines is 3. The van der Waals surface area contributed by atoms with Crippen LogP contribution < -0.4 is 10.2 Å². The molecule has 0 aliphatic carbocycles. The van der Waals surface area contributed by atoms with Crippen molar-refractivity contribution in [3.8, 4) is 0 Å². The maximum atomic E-state index is 12.6. The average Bonchev–Trinajstić information content (AvgIpc) is 3.13. The van der Waals surface area contributed by atoms with Gasteiger partial charge in [-0.25, -0.2) is 0 Å². The van der Waals surface area contributed by atoms with E-state index in [2.05, 4.69) is 22.1 Å². The third-order valence-corrected chi connectivity index (χ3v) is 5.39. The van der Waals surface area contributed by atoms with Crippen LogP contribution in [0.2, 0.25) is 0 Å². The molecular formula is C19H18N4OS2. The minimum Gasteiger partial charge on any atom is -0.330 e. The molecular weight excluding hydrogens is 364 g/mol. The van der Waals surface area contributed by atoms with Gasteiger partial charge in [-0.3, -0.25) is 4.79 Å². The minimum absolute atomic E-state index is 0.00821. The van der Waals surface area contributed by atoms with Gasteiger partial charge < -0.3 is 10.2 Å². The molecule has 3 aromatic rings. The molecule has 1 aromatic heterocycles. The summed E-state index contributed by atoms with van der Waals surface area (Å²) in [5, 5.41) is 12.2. The Hall–Kier alpha value is -2.64. The van der Waals surface area contributed by atoms with Gasteiger partial charge in [-0.15, -0.1) is 16.8 Å². The monoisotopic (exact) mass is 382 g/mol. The Bertz CT molecular complexity index is 852. The van der Waals surface area contributed by atoms with Crippen LogP contribution in [0.5, 0.6) is 0 Å². The van der Waals surface area contributed by atoms with Crippen LogP contribution in [0.15, 0.2) is 77.7 Å². The first-order chi connectivity index (χ1) is 12.8. The van der Waals surface area contributed by atoms with Gasteiger partial charge in [0.2, 0.25) is 11.0 Å². The van der Waals surface area contributed by atoms with E-state index in [9.17, 15) is 4.79 Å². The van der Waals surface area contributed by atoms with Crippen molar-refractivity contribution < 1.29 is 4.79 Å². The van der Waals surface area contributed by atoms with E-state index in [0.29, 0.717) is 17.4 Å². The van der Waals surface area contributed by atoms with Gasteiger partial charge in [0, 0.05) is 17.9 Å². The summed E-state index contributed by atoms with van der Waals surface area (Å²) in [6, 6.07) is 19.4. The zero-order chi connectivity index (χ0) is 18.2. The van der Waals surface area contributed by atoms with Crippen LogP contribution in [-0.4, -0.2) is 28.4 Å². The number of aromatic nitrogens is 2. The Kier molecular flexibility index (Phi) is 6.40. The molecule has 1 N–H and O–H groups in total. The van der Waals surface area contributed by atoms with Crippen LogP contribution in [0.4, 0.5) is 16.5 Å². The van der Waals surface area contributed by atoms with Gasteiger partial charge in [0.15, 0.2) is 4.34 Å². The summed E-state index contributed by atoms with van der Waals surface area (Å²) in [7, 11) is 0. The molecule has 0 aliphatic rings. The van der Waals surface area contributed by atoms with Gasteiger partial charge in [-0.05, 0) is 24.3 Å². The van der Waals surface area contributed by atoms with E-state index in [4.69, 9.17) is 0 Å². The fourth-order valence-corrected chi connectivity index (χ4v) is 3.90. The normalized spacial score (nSPS) is 10.3. The zero-order valence-corrected chi connectivity index (χ0v) is 15.7. The van der Waals surface area contributed by atoms with Crippen molar-refractivity contribution in [2.24, 2.45) is 0 Å². The molecule has 0 spiro atoms. The number of thioether (sulfide) groups is 1. The van der Waals surface area contributed by atoms with Gasteiger partial charge in [-0.2, -0.15) is 0 Å². The molecule has 0 radical (unpaired) electrons. The fraction of sp³-hybridized carbons (Fsp3) is 0.105. The lowest BCUT2D eigenvalue weighted by Crippen LogP contribution is -2.32. The zero-order valence-electron chi connectivity index (χ0n) is 14.0. The first-order valence-corrected chi connectivity index (χ1v) is 9.81. The Balaban J connectivity index is 1.59. The molecule has 0 aliphatic heterocycles. The summed E-state index contributed by atoms with van der Waals surface area (Å²) in [6.45, 7) is 4.21. The smallest absolute Gasteiger partial charge is 0.237 e. The van der Waals surface area contributed by atoms with Gasteiger partial charge in [0.05, 0.1) is 5.75 Å². The lowest BCUT2D eigenvalue weighted by atomic mass is 10.3. The molecule has 1 heterocycles. The number of rotatable bonds is 8. The Morgan fingerprint density at radius 3 is 2.50 bits per heavy atom. The van der Waals surface area contributed by atoms with Crippen LogP contribution in [0.1, 0.15) is 0 Å². The van der Waals surface area contributed by atoms with E-state index in [1.807, 2.05) is 60.7 Å². The van der Waals surface area contributed by atoms with Crippen molar-refractivity contribution in [2.75, 3.05) is 22.5 Å². The number of benzene rings is 2. The van der Waals surface area contributed by atoms with E-state index in [1.54, 1.807) is 11.0 Å². The fourth-order valence-electron chi connectivity index (χ4n) is 2.25. The second kappa shape index (κ2) is 9.17. The highest BCUT2D eigenvalue weighted by Gasteiger charge is 2.16. The lowest BCUT2D eigenvalue weighted by molar-refractivity contribution is -0.116. The number of hydrogen-bond acceptors (Lipinski definition) is 6. The van der Waals surface area contributed by atoms with E-state index in [1.165, 1.54) is 23.1 Å². The summed E-state index contributed by atoms with van der Waals surface area (Å²) < 4.78 is 0.753. The molecule has 26 heavy (non-hydrogen) atoms. The van der Waals surface area contributed by atoms with Crippen LogP contribution >= 0.6 is 23.1 Å². The van der Waals surface area contributed by atoms with Crippen molar-refractivity contribution in [2.45, 2.75) is 4.34 Å². The molecule has 0 atom stereocenters. The van der Waals surface area contributed by atoms with E-state index in [0.717, 1.165) is 15.7 Å². The second-order valence-electron chi connectivity index (χ2n) is 5.28. The quantitative estimate of drug-likeness (QED) is 0.456. The molecule has 132 valence electrons. The Morgan fingerprint density at radius 1 is 1.12 bits per heavy atom. The van der Waals surface area contributed by atoms with Crippen molar-refractivity contribution in [3.63, 3.8) is 0 Å².